The number of hydrogen-bond acceptors (Lipinski definition) is 5. The van der Waals surface area contributed by atoms with Crippen molar-refractivity contribution in [2.45, 2.75) is 32.0 Å². The number of benzene rings is 1. The van der Waals surface area contributed by atoms with Crippen LogP contribution in [0.4, 0.5) is 4.39 Å². The molecule has 2 aromatic rings. The van der Waals surface area contributed by atoms with E-state index in [1.165, 1.54) is 12.5 Å². The van der Waals surface area contributed by atoms with E-state index in [9.17, 15) is 9.18 Å². The van der Waals surface area contributed by atoms with Crippen molar-refractivity contribution in [1.82, 2.24) is 9.88 Å². The minimum atomic E-state index is -0.236. The van der Waals surface area contributed by atoms with E-state index in [0.29, 0.717) is 49.2 Å². The summed E-state index contributed by atoms with van der Waals surface area (Å²) in [6, 6.07) is 6.65. The molecule has 4 rings (SSSR count). The smallest absolute Gasteiger partial charge is 0.291 e. The number of aromatic nitrogens is 1. The Hall–Kier alpha value is -2.25. The molecule has 1 unspecified atom stereocenters. The van der Waals surface area contributed by atoms with Crippen molar-refractivity contribution in [2.75, 3.05) is 26.3 Å². The van der Waals surface area contributed by atoms with Gasteiger partial charge in [-0.15, -0.1) is 0 Å². The third-order valence-electron chi connectivity index (χ3n) is 5.36. The van der Waals surface area contributed by atoms with E-state index >= 15 is 0 Å². The summed E-state index contributed by atoms with van der Waals surface area (Å²) in [6.07, 6.45) is 3.07. The second-order valence-corrected chi connectivity index (χ2v) is 7.42. The Balaban J connectivity index is 1.19. The summed E-state index contributed by atoms with van der Waals surface area (Å²) in [5.74, 6) is 0.341. The molecule has 0 bridgehead atoms. The number of likely N-dealkylation sites (tertiary alicyclic amines) is 1. The molecule has 1 amide bonds. The molecule has 0 radical (unpaired) electrons. The molecule has 2 saturated heterocycles. The number of ether oxygens (including phenoxy) is 2. The molecule has 3 heterocycles. The molecule has 2 aliphatic heterocycles. The number of rotatable bonds is 6. The molecule has 1 aromatic carbocycles. The molecular formula is C20H23FN2O4. The molecule has 27 heavy (non-hydrogen) atoms. The Labute approximate surface area is 157 Å². The maximum Gasteiger partial charge on any atom is 0.291 e. The van der Waals surface area contributed by atoms with Gasteiger partial charge in [0, 0.05) is 12.2 Å². The highest BCUT2D eigenvalue weighted by Gasteiger charge is 2.51. The molecule has 6 nitrogen and oxygen atoms in total. The second kappa shape index (κ2) is 7.40. The van der Waals surface area contributed by atoms with Gasteiger partial charge in [0.2, 0.25) is 5.76 Å². The molecule has 1 atom stereocenters. The molecule has 144 valence electrons. The summed E-state index contributed by atoms with van der Waals surface area (Å²) >= 11 is 0. The first-order chi connectivity index (χ1) is 13.1. The van der Waals surface area contributed by atoms with E-state index in [-0.39, 0.29) is 23.9 Å². The van der Waals surface area contributed by atoms with Gasteiger partial charge in [-0.3, -0.25) is 4.79 Å². The van der Waals surface area contributed by atoms with Crippen LogP contribution < -0.4 is 0 Å². The predicted molar refractivity (Wildman–Crippen MR) is 94.6 cm³/mol. The van der Waals surface area contributed by atoms with Gasteiger partial charge in [-0.1, -0.05) is 18.2 Å². The zero-order valence-electron chi connectivity index (χ0n) is 15.3. The highest BCUT2D eigenvalue weighted by molar-refractivity contribution is 5.93. The highest BCUT2D eigenvalue weighted by atomic mass is 19.1. The van der Waals surface area contributed by atoms with Crippen molar-refractivity contribution < 1.29 is 23.1 Å². The number of hydrogen-bond donors (Lipinski definition) is 0. The number of amides is 1. The topological polar surface area (TPSA) is 64.8 Å². The molecule has 2 aliphatic rings. The first-order valence-corrected chi connectivity index (χ1v) is 9.21. The molecule has 0 aliphatic carbocycles. The van der Waals surface area contributed by atoms with E-state index in [1.54, 1.807) is 30.0 Å². The minimum absolute atomic E-state index is 0.129. The normalized spacial score (nSPS) is 20.8. The lowest BCUT2D eigenvalue weighted by atomic mass is 9.86. The van der Waals surface area contributed by atoms with Crippen LogP contribution in [-0.4, -0.2) is 47.7 Å². The van der Waals surface area contributed by atoms with Crippen LogP contribution in [0.2, 0.25) is 0 Å². The van der Waals surface area contributed by atoms with Gasteiger partial charge in [0.1, 0.15) is 11.4 Å². The predicted octanol–water partition coefficient (Wildman–Crippen LogP) is 2.96. The fraction of sp³-hybridized carbons (Fsp3) is 0.500. The van der Waals surface area contributed by atoms with E-state index in [0.717, 1.165) is 12.8 Å². The standard InChI is InChI=1S/C20H23FN2O4/c1-14-18(26-13-22-14)19(24)23-11-20(12-23)8-15(9-27-20)6-7-25-10-16-4-2-3-5-17(16)21/h2-5,13,15H,6-12H2,1H3. The first-order valence-electron chi connectivity index (χ1n) is 9.21. The summed E-state index contributed by atoms with van der Waals surface area (Å²) < 4.78 is 30.4. The average Bonchev–Trinajstić information content (AvgIpc) is 3.25. The van der Waals surface area contributed by atoms with Gasteiger partial charge in [0.05, 0.1) is 32.0 Å². The van der Waals surface area contributed by atoms with Crippen molar-refractivity contribution in [3.05, 3.63) is 53.5 Å². The van der Waals surface area contributed by atoms with Crippen LogP contribution in [0.3, 0.4) is 0 Å². The van der Waals surface area contributed by atoms with Crippen LogP contribution in [0.5, 0.6) is 0 Å². The zero-order chi connectivity index (χ0) is 18.9. The van der Waals surface area contributed by atoms with E-state index in [4.69, 9.17) is 13.9 Å². The summed E-state index contributed by atoms with van der Waals surface area (Å²) in [5, 5.41) is 0. The highest BCUT2D eigenvalue weighted by Crippen LogP contribution is 2.39. The molecule has 1 aromatic heterocycles. The summed E-state index contributed by atoms with van der Waals surface area (Å²) in [6.45, 7) is 4.45. The van der Waals surface area contributed by atoms with Crippen molar-refractivity contribution >= 4 is 5.91 Å². The lowest BCUT2D eigenvalue weighted by molar-refractivity contribution is -0.0957. The van der Waals surface area contributed by atoms with Crippen molar-refractivity contribution in [3.63, 3.8) is 0 Å². The third-order valence-corrected chi connectivity index (χ3v) is 5.36. The molecule has 0 N–H and O–H groups in total. The molecular weight excluding hydrogens is 351 g/mol. The van der Waals surface area contributed by atoms with Crippen molar-refractivity contribution in [3.8, 4) is 0 Å². The number of carbonyl (C=O) groups is 1. The van der Waals surface area contributed by atoms with Gasteiger partial charge in [-0.05, 0) is 31.7 Å². The van der Waals surface area contributed by atoms with Gasteiger partial charge < -0.3 is 18.8 Å². The van der Waals surface area contributed by atoms with Gasteiger partial charge in [-0.25, -0.2) is 9.37 Å². The Bertz CT molecular complexity index is 816. The van der Waals surface area contributed by atoms with E-state index in [1.807, 2.05) is 0 Å². The van der Waals surface area contributed by atoms with Gasteiger partial charge in [-0.2, -0.15) is 0 Å². The monoisotopic (exact) mass is 374 g/mol. The van der Waals surface area contributed by atoms with Crippen LogP contribution >= 0.6 is 0 Å². The quantitative estimate of drug-likeness (QED) is 0.728. The first kappa shape index (κ1) is 18.1. The maximum absolute atomic E-state index is 13.6. The lowest BCUT2D eigenvalue weighted by Crippen LogP contribution is -2.63. The minimum Gasteiger partial charge on any atom is -0.438 e. The average molecular weight is 374 g/mol. The van der Waals surface area contributed by atoms with E-state index < -0.39 is 0 Å². The van der Waals surface area contributed by atoms with Crippen LogP contribution in [0.15, 0.2) is 35.1 Å². The Morgan fingerprint density at radius 3 is 2.96 bits per heavy atom. The van der Waals surface area contributed by atoms with Crippen LogP contribution in [0, 0.1) is 18.7 Å². The molecule has 2 fully saturated rings. The van der Waals surface area contributed by atoms with Gasteiger partial charge >= 0.3 is 0 Å². The number of oxazole rings is 1. The SMILES string of the molecule is Cc1ncoc1C(=O)N1CC2(CC(CCOCc3ccccc3F)CO2)C1. The van der Waals surface area contributed by atoms with E-state index in [2.05, 4.69) is 4.98 Å². The van der Waals surface area contributed by atoms with Gasteiger partial charge in [0.15, 0.2) is 6.39 Å². The number of halogens is 1. The fourth-order valence-corrected chi connectivity index (χ4v) is 3.84. The second-order valence-electron chi connectivity index (χ2n) is 7.42. The maximum atomic E-state index is 13.6. The fourth-order valence-electron chi connectivity index (χ4n) is 3.84. The van der Waals surface area contributed by atoms with Gasteiger partial charge in [0.25, 0.3) is 5.91 Å². The third kappa shape index (κ3) is 3.75. The summed E-state index contributed by atoms with van der Waals surface area (Å²) in [7, 11) is 0. The van der Waals surface area contributed by atoms with Crippen LogP contribution in [-0.2, 0) is 16.1 Å². The Morgan fingerprint density at radius 1 is 1.41 bits per heavy atom. The summed E-state index contributed by atoms with van der Waals surface area (Å²) in [4.78, 5) is 18.1. The molecule has 7 heteroatoms. The van der Waals surface area contributed by atoms with Crippen molar-refractivity contribution in [1.29, 1.82) is 0 Å². The van der Waals surface area contributed by atoms with Crippen molar-refractivity contribution in [2.24, 2.45) is 5.92 Å². The largest absolute Gasteiger partial charge is 0.438 e. The zero-order valence-corrected chi connectivity index (χ0v) is 15.3. The number of nitrogens with zero attached hydrogens (tertiary/aromatic N) is 2. The van der Waals surface area contributed by atoms with Crippen LogP contribution in [0.25, 0.3) is 0 Å². The Kier molecular flexibility index (Phi) is 4.97. The molecule has 0 saturated carbocycles. The number of carbonyl (C=O) groups excluding carboxylic acids is 1. The van der Waals surface area contributed by atoms with Crippen LogP contribution in [0.1, 0.15) is 34.7 Å². The lowest BCUT2D eigenvalue weighted by Gasteiger charge is -2.46. The Morgan fingerprint density at radius 2 is 2.22 bits per heavy atom. The number of aryl methyl sites for hydroxylation is 1. The summed E-state index contributed by atoms with van der Waals surface area (Å²) in [5.41, 5.74) is 0.949. The molecule has 1 spiro atoms.